The van der Waals surface area contributed by atoms with Crippen molar-refractivity contribution < 1.29 is 17.7 Å². The van der Waals surface area contributed by atoms with Crippen LogP contribution in [0.2, 0.25) is 0 Å². The van der Waals surface area contributed by atoms with Crippen LogP contribution in [0, 0.1) is 0 Å². The van der Waals surface area contributed by atoms with Gasteiger partial charge in [-0.2, -0.15) is 22.7 Å². The van der Waals surface area contributed by atoms with Gasteiger partial charge in [-0.3, -0.25) is 4.55 Å². The summed E-state index contributed by atoms with van der Waals surface area (Å²) in [4.78, 5) is 14.0. The number of rotatable bonds is 4. The monoisotopic (exact) mass is 337 g/mol. The number of hydrogen-bond donors (Lipinski definition) is 1. The molecule has 23 heavy (non-hydrogen) atoms. The molecule has 0 amide bonds. The molecule has 1 aliphatic rings. The molecule has 0 radical (unpaired) electrons. The average molecular weight is 337 g/mol. The van der Waals surface area contributed by atoms with Crippen LogP contribution < -0.4 is 9.21 Å². The molecule has 1 aliphatic heterocycles. The minimum absolute atomic E-state index is 0.171. The van der Waals surface area contributed by atoms with Gasteiger partial charge in [0.2, 0.25) is 5.95 Å². The molecule has 0 saturated carbocycles. The first kappa shape index (κ1) is 15.6. The number of ether oxygens (including phenoxy) is 1. The highest BCUT2D eigenvalue weighted by Crippen LogP contribution is 2.25. The van der Waals surface area contributed by atoms with Crippen LogP contribution in [0.3, 0.4) is 0 Å². The predicted octanol–water partition coefficient (Wildman–Crippen LogP) is 0.649. The molecule has 1 aromatic carbocycles. The summed E-state index contributed by atoms with van der Waals surface area (Å²) < 4.78 is 39.0. The van der Waals surface area contributed by atoms with Gasteiger partial charge in [0, 0.05) is 13.1 Å². The molecular formula is C13H15N5O4S. The smallest absolute Gasteiger partial charge is 0.366 e. The van der Waals surface area contributed by atoms with Crippen LogP contribution in [0.15, 0.2) is 36.7 Å². The summed E-state index contributed by atoms with van der Waals surface area (Å²) in [6.45, 7) is 2.28. The minimum atomic E-state index is -4.58. The molecule has 1 saturated heterocycles. The van der Waals surface area contributed by atoms with Crippen LogP contribution in [0.4, 0.5) is 17.6 Å². The fourth-order valence-electron chi connectivity index (χ4n) is 2.21. The van der Waals surface area contributed by atoms with E-state index in [-0.39, 0.29) is 11.6 Å². The number of hydrogen-bond acceptors (Lipinski definition) is 7. The number of anilines is 3. The Balaban J connectivity index is 2.00. The number of aromatic nitrogens is 3. The number of nitrogens with zero attached hydrogens (tertiary/aromatic N) is 5. The first-order valence-electron chi connectivity index (χ1n) is 6.90. The summed E-state index contributed by atoms with van der Waals surface area (Å²) in [6.07, 6.45) is 1.22. The van der Waals surface area contributed by atoms with Crippen molar-refractivity contribution in [2.24, 2.45) is 0 Å². The Bertz CT molecular complexity index is 765. The molecule has 9 nitrogen and oxygen atoms in total. The van der Waals surface area contributed by atoms with Gasteiger partial charge in [-0.25, -0.2) is 4.98 Å². The fourth-order valence-corrected chi connectivity index (χ4v) is 2.89. The van der Waals surface area contributed by atoms with Gasteiger partial charge in [-0.05, 0) is 12.1 Å². The lowest BCUT2D eigenvalue weighted by molar-refractivity contribution is 0.122. The molecule has 1 fully saturated rings. The van der Waals surface area contributed by atoms with E-state index in [9.17, 15) is 13.0 Å². The molecule has 10 heteroatoms. The van der Waals surface area contributed by atoms with Crippen LogP contribution in [0.25, 0.3) is 0 Å². The summed E-state index contributed by atoms with van der Waals surface area (Å²) in [5.74, 6) is 0.165. The number of para-hydroxylation sites is 1. The Labute approximate surface area is 133 Å². The largest absolute Gasteiger partial charge is 0.378 e. The van der Waals surface area contributed by atoms with Gasteiger partial charge in [0.05, 0.1) is 18.9 Å². The zero-order chi connectivity index (χ0) is 16.3. The highest BCUT2D eigenvalue weighted by Gasteiger charge is 2.26. The molecule has 1 aromatic heterocycles. The maximum atomic E-state index is 11.8. The normalized spacial score (nSPS) is 15.4. The van der Waals surface area contributed by atoms with Gasteiger partial charge >= 0.3 is 10.3 Å². The van der Waals surface area contributed by atoms with Gasteiger partial charge < -0.3 is 9.64 Å². The Morgan fingerprint density at radius 2 is 1.83 bits per heavy atom. The van der Waals surface area contributed by atoms with Crippen LogP contribution >= 0.6 is 0 Å². The summed E-state index contributed by atoms with van der Waals surface area (Å²) in [7, 11) is -4.58. The van der Waals surface area contributed by atoms with E-state index in [1.54, 1.807) is 18.2 Å². The van der Waals surface area contributed by atoms with E-state index in [0.717, 1.165) is 0 Å². The third kappa shape index (κ3) is 3.55. The first-order valence-corrected chi connectivity index (χ1v) is 8.30. The van der Waals surface area contributed by atoms with Gasteiger partial charge in [0.15, 0.2) is 0 Å². The second-order valence-corrected chi connectivity index (χ2v) is 6.02. The Kier molecular flexibility index (Phi) is 4.37. The maximum Gasteiger partial charge on any atom is 0.366 e. The zero-order valence-electron chi connectivity index (χ0n) is 12.1. The highest BCUT2D eigenvalue weighted by atomic mass is 32.2. The van der Waals surface area contributed by atoms with Crippen LogP contribution in [0.1, 0.15) is 0 Å². The van der Waals surface area contributed by atoms with Gasteiger partial charge in [-0.15, -0.1) is 0 Å². The standard InChI is InChI=1S/C13H15N5O4S/c19-23(20,21)18(11-4-2-1-3-5-11)13-15-10-14-12(16-13)17-6-8-22-9-7-17/h1-5,10H,6-9H2,(H,19,20,21). The van der Waals surface area contributed by atoms with E-state index in [0.29, 0.717) is 36.6 Å². The van der Waals surface area contributed by atoms with Crippen molar-refractivity contribution in [2.75, 3.05) is 35.5 Å². The molecular weight excluding hydrogens is 322 g/mol. The van der Waals surface area contributed by atoms with E-state index in [2.05, 4.69) is 15.0 Å². The average Bonchev–Trinajstić information content (AvgIpc) is 2.56. The lowest BCUT2D eigenvalue weighted by Gasteiger charge is -2.27. The highest BCUT2D eigenvalue weighted by molar-refractivity contribution is 7.87. The van der Waals surface area contributed by atoms with Gasteiger partial charge in [0.1, 0.15) is 6.33 Å². The van der Waals surface area contributed by atoms with Crippen LogP contribution in [-0.4, -0.2) is 54.2 Å². The Morgan fingerprint density at radius 1 is 1.13 bits per heavy atom. The molecule has 3 rings (SSSR count). The third-order valence-electron chi connectivity index (χ3n) is 3.24. The van der Waals surface area contributed by atoms with Gasteiger partial charge in [0.25, 0.3) is 5.95 Å². The summed E-state index contributed by atoms with van der Waals surface area (Å²) in [5, 5.41) is 0. The van der Waals surface area contributed by atoms with Crippen molar-refractivity contribution in [3.63, 3.8) is 0 Å². The molecule has 0 bridgehead atoms. The molecule has 0 aliphatic carbocycles. The lowest BCUT2D eigenvalue weighted by Crippen LogP contribution is -2.38. The predicted molar refractivity (Wildman–Crippen MR) is 83.0 cm³/mol. The second kappa shape index (κ2) is 6.44. The topological polar surface area (TPSA) is 109 Å². The maximum absolute atomic E-state index is 11.8. The molecule has 122 valence electrons. The number of benzene rings is 1. The fraction of sp³-hybridized carbons (Fsp3) is 0.308. The van der Waals surface area contributed by atoms with E-state index in [1.807, 2.05) is 4.90 Å². The lowest BCUT2D eigenvalue weighted by atomic mass is 10.3. The second-order valence-electron chi connectivity index (χ2n) is 4.76. The molecule has 1 N–H and O–H groups in total. The van der Waals surface area contributed by atoms with Crippen molar-refractivity contribution in [3.8, 4) is 0 Å². The van der Waals surface area contributed by atoms with Crippen molar-refractivity contribution >= 4 is 27.9 Å². The minimum Gasteiger partial charge on any atom is -0.378 e. The molecule has 0 unspecified atom stereocenters. The van der Waals surface area contributed by atoms with Crippen LogP contribution in [0.5, 0.6) is 0 Å². The summed E-state index contributed by atoms with van der Waals surface area (Å²) in [5.41, 5.74) is 0.231. The quantitative estimate of drug-likeness (QED) is 0.810. The molecule has 2 heterocycles. The van der Waals surface area contributed by atoms with E-state index >= 15 is 0 Å². The van der Waals surface area contributed by atoms with Crippen molar-refractivity contribution in [1.29, 1.82) is 0 Å². The Hall–Kier alpha value is -2.30. The molecule has 2 aromatic rings. The van der Waals surface area contributed by atoms with E-state index in [4.69, 9.17) is 4.74 Å². The molecule has 0 atom stereocenters. The van der Waals surface area contributed by atoms with Crippen molar-refractivity contribution in [2.45, 2.75) is 0 Å². The third-order valence-corrected chi connectivity index (χ3v) is 4.08. The van der Waals surface area contributed by atoms with E-state index < -0.39 is 10.3 Å². The summed E-state index contributed by atoms with van der Waals surface area (Å²) in [6, 6.07) is 8.10. The zero-order valence-corrected chi connectivity index (χ0v) is 12.9. The van der Waals surface area contributed by atoms with Crippen molar-refractivity contribution in [3.05, 3.63) is 36.7 Å². The molecule has 0 spiro atoms. The van der Waals surface area contributed by atoms with Crippen LogP contribution in [-0.2, 0) is 15.0 Å². The Morgan fingerprint density at radius 3 is 2.48 bits per heavy atom. The first-order chi connectivity index (χ1) is 11.1. The van der Waals surface area contributed by atoms with Gasteiger partial charge in [-0.1, -0.05) is 18.2 Å². The van der Waals surface area contributed by atoms with E-state index in [1.165, 1.54) is 18.5 Å². The SMILES string of the molecule is O=S(=O)(O)N(c1ccccc1)c1ncnc(N2CCOCC2)n1. The number of morpholine rings is 1. The summed E-state index contributed by atoms with van der Waals surface area (Å²) >= 11 is 0. The van der Waals surface area contributed by atoms with Crippen molar-refractivity contribution in [1.82, 2.24) is 15.0 Å².